The summed E-state index contributed by atoms with van der Waals surface area (Å²) in [6.45, 7) is 0.00680. The van der Waals surface area contributed by atoms with Crippen molar-refractivity contribution in [1.82, 2.24) is 4.31 Å². The number of halogens is 1. The zero-order valence-corrected chi connectivity index (χ0v) is 12.2. The Morgan fingerprint density at radius 3 is 2.52 bits per heavy atom. The molecule has 9 heteroatoms. The number of carbonyl (C=O) groups is 2. The molecule has 0 bridgehead atoms. The molecule has 1 aliphatic rings. The fourth-order valence-electron chi connectivity index (χ4n) is 2.22. The molecule has 7 nitrogen and oxygen atoms in total. The molecule has 1 heterocycles. The van der Waals surface area contributed by atoms with Gasteiger partial charge in [0.15, 0.2) is 0 Å². The zero-order valence-electron chi connectivity index (χ0n) is 10.6. The number of aromatic carboxylic acids is 1. The maximum absolute atomic E-state index is 12.5. The minimum absolute atomic E-state index is 0.00680. The van der Waals surface area contributed by atoms with E-state index in [0.717, 1.165) is 22.5 Å². The summed E-state index contributed by atoms with van der Waals surface area (Å²) in [5.41, 5.74) is -0.359. The Morgan fingerprint density at radius 2 is 1.95 bits per heavy atom. The Bertz CT molecular complexity index is 702. The van der Waals surface area contributed by atoms with Gasteiger partial charge in [0.1, 0.15) is 4.90 Å². The van der Waals surface area contributed by atoms with Gasteiger partial charge >= 0.3 is 0 Å². The van der Waals surface area contributed by atoms with Crippen LogP contribution in [0.4, 0.5) is 0 Å². The quantitative estimate of drug-likeness (QED) is 0.670. The van der Waals surface area contributed by atoms with E-state index in [9.17, 15) is 28.2 Å². The van der Waals surface area contributed by atoms with E-state index in [1.165, 1.54) is 0 Å². The summed E-state index contributed by atoms with van der Waals surface area (Å²) in [6, 6.07) is 1.80. The first-order valence-corrected chi connectivity index (χ1v) is 7.80. The lowest BCUT2D eigenvalue weighted by Crippen LogP contribution is -2.46. The third-order valence-electron chi connectivity index (χ3n) is 3.23. The van der Waals surface area contributed by atoms with E-state index >= 15 is 0 Å². The Kier molecular flexibility index (Phi) is 4.22. The number of sulfonamides is 1. The molecule has 1 atom stereocenters. The SMILES string of the molecule is O=C([O-])c1ccc(Cl)c(S(=O)(=O)N2CCC[C@H]2C(=O)[O-])c1. The first kappa shape index (κ1) is 15.7. The molecule has 0 aliphatic carbocycles. The molecule has 0 amide bonds. The smallest absolute Gasteiger partial charge is 0.245 e. The highest BCUT2D eigenvalue weighted by Gasteiger charge is 2.37. The van der Waals surface area contributed by atoms with E-state index in [-0.39, 0.29) is 23.6 Å². The molecule has 0 unspecified atom stereocenters. The molecular formula is C12H10ClNO6S-2. The Hall–Kier alpha value is -1.64. The molecular weight excluding hydrogens is 322 g/mol. The Morgan fingerprint density at radius 1 is 1.29 bits per heavy atom. The van der Waals surface area contributed by atoms with Crippen LogP contribution in [0.1, 0.15) is 23.2 Å². The molecule has 114 valence electrons. The lowest BCUT2D eigenvalue weighted by molar-refractivity contribution is -0.309. The highest BCUT2D eigenvalue weighted by Crippen LogP contribution is 2.30. The highest BCUT2D eigenvalue weighted by molar-refractivity contribution is 7.89. The fourth-order valence-corrected chi connectivity index (χ4v) is 4.37. The summed E-state index contributed by atoms with van der Waals surface area (Å²) in [4.78, 5) is 21.4. The number of carboxylic acids is 2. The van der Waals surface area contributed by atoms with Crippen molar-refractivity contribution in [3.8, 4) is 0 Å². The van der Waals surface area contributed by atoms with Crippen LogP contribution >= 0.6 is 11.6 Å². The molecule has 2 rings (SSSR count). The van der Waals surface area contributed by atoms with Crippen molar-refractivity contribution < 1.29 is 28.2 Å². The van der Waals surface area contributed by atoms with Crippen LogP contribution < -0.4 is 10.2 Å². The first-order chi connectivity index (χ1) is 9.75. The van der Waals surface area contributed by atoms with Gasteiger partial charge in [-0.3, -0.25) is 0 Å². The van der Waals surface area contributed by atoms with Gasteiger partial charge in [-0.05, 0) is 30.5 Å². The normalized spacial score (nSPS) is 19.6. The zero-order chi connectivity index (χ0) is 15.8. The summed E-state index contributed by atoms with van der Waals surface area (Å²) in [5.74, 6) is -3.05. The lowest BCUT2D eigenvalue weighted by atomic mass is 10.2. The van der Waals surface area contributed by atoms with Crippen LogP contribution in [0.25, 0.3) is 0 Å². The van der Waals surface area contributed by atoms with Crippen LogP contribution in [-0.4, -0.2) is 37.2 Å². The van der Waals surface area contributed by atoms with Gasteiger partial charge in [0.2, 0.25) is 10.0 Å². The van der Waals surface area contributed by atoms with Gasteiger partial charge in [-0.25, -0.2) is 8.42 Å². The van der Waals surface area contributed by atoms with E-state index in [1.807, 2.05) is 0 Å². The minimum Gasteiger partial charge on any atom is -0.548 e. The number of nitrogens with zero attached hydrogens (tertiary/aromatic N) is 1. The van der Waals surface area contributed by atoms with E-state index in [4.69, 9.17) is 11.6 Å². The van der Waals surface area contributed by atoms with Crippen LogP contribution in [0.2, 0.25) is 5.02 Å². The van der Waals surface area contributed by atoms with E-state index in [0.29, 0.717) is 6.42 Å². The van der Waals surface area contributed by atoms with Gasteiger partial charge in [0.25, 0.3) is 0 Å². The van der Waals surface area contributed by atoms with E-state index in [2.05, 4.69) is 0 Å². The number of hydrogen-bond acceptors (Lipinski definition) is 6. The van der Waals surface area contributed by atoms with Crippen molar-refractivity contribution in [1.29, 1.82) is 0 Å². The Labute approximate surface area is 125 Å². The largest absolute Gasteiger partial charge is 0.548 e. The van der Waals surface area contributed by atoms with Crippen LogP contribution in [0.3, 0.4) is 0 Å². The van der Waals surface area contributed by atoms with Gasteiger partial charge in [0.05, 0.1) is 23.0 Å². The van der Waals surface area contributed by atoms with E-state index < -0.39 is 32.9 Å². The molecule has 0 spiro atoms. The number of hydrogen-bond donors (Lipinski definition) is 0. The third kappa shape index (κ3) is 2.87. The van der Waals surface area contributed by atoms with E-state index in [1.54, 1.807) is 0 Å². The van der Waals surface area contributed by atoms with Crippen LogP contribution in [0, 0.1) is 0 Å². The minimum atomic E-state index is -4.23. The predicted molar refractivity (Wildman–Crippen MR) is 67.7 cm³/mol. The molecule has 1 aromatic carbocycles. The number of carbonyl (C=O) groups excluding carboxylic acids is 2. The molecule has 0 saturated carbocycles. The van der Waals surface area contributed by atoms with Gasteiger partial charge < -0.3 is 19.8 Å². The molecule has 0 radical (unpaired) electrons. The maximum Gasteiger partial charge on any atom is 0.245 e. The molecule has 1 aromatic rings. The molecule has 1 fully saturated rings. The second-order valence-electron chi connectivity index (χ2n) is 4.53. The van der Waals surface area contributed by atoms with Crippen molar-refractivity contribution in [3.63, 3.8) is 0 Å². The highest BCUT2D eigenvalue weighted by atomic mass is 35.5. The van der Waals surface area contributed by atoms with Crippen molar-refractivity contribution in [2.75, 3.05) is 6.54 Å². The van der Waals surface area contributed by atoms with Gasteiger partial charge in [0, 0.05) is 6.54 Å². The average Bonchev–Trinajstić information content (AvgIpc) is 2.88. The van der Waals surface area contributed by atoms with Gasteiger partial charge in [-0.2, -0.15) is 4.31 Å². The summed E-state index contributed by atoms with van der Waals surface area (Å²) in [6.07, 6.45) is 0.509. The molecule has 21 heavy (non-hydrogen) atoms. The number of rotatable bonds is 4. The summed E-state index contributed by atoms with van der Waals surface area (Å²) >= 11 is 5.81. The van der Waals surface area contributed by atoms with Crippen molar-refractivity contribution in [2.45, 2.75) is 23.8 Å². The second kappa shape index (κ2) is 5.63. The first-order valence-electron chi connectivity index (χ1n) is 5.98. The van der Waals surface area contributed by atoms with Crippen molar-refractivity contribution in [3.05, 3.63) is 28.8 Å². The van der Waals surface area contributed by atoms with Crippen molar-refractivity contribution in [2.24, 2.45) is 0 Å². The number of benzene rings is 1. The predicted octanol–water partition coefficient (Wildman–Crippen LogP) is -1.39. The fraction of sp³-hybridized carbons (Fsp3) is 0.333. The standard InChI is InChI=1S/C12H12ClNO6S/c13-8-4-3-7(11(15)16)6-10(8)21(19,20)14-5-1-2-9(14)12(17)18/h3-4,6,9H,1-2,5H2,(H,15,16)(H,17,18)/p-2/t9-/m0/s1. The Balaban J connectivity index is 2.51. The van der Waals surface area contributed by atoms with Gasteiger partial charge in [-0.1, -0.05) is 17.7 Å². The number of carboxylic acid groups (broad SMARTS) is 2. The van der Waals surface area contributed by atoms with Crippen molar-refractivity contribution >= 4 is 33.6 Å². The molecule has 0 aromatic heterocycles. The molecule has 0 N–H and O–H groups in total. The lowest BCUT2D eigenvalue weighted by Gasteiger charge is -2.25. The number of aliphatic carboxylic acids is 1. The maximum atomic E-state index is 12.5. The van der Waals surface area contributed by atoms with Crippen LogP contribution in [0.5, 0.6) is 0 Å². The third-order valence-corrected chi connectivity index (χ3v) is 5.62. The summed E-state index contributed by atoms with van der Waals surface area (Å²) < 4.78 is 25.7. The second-order valence-corrected chi connectivity index (χ2v) is 6.79. The topological polar surface area (TPSA) is 118 Å². The van der Waals surface area contributed by atoms with Crippen LogP contribution in [0.15, 0.2) is 23.1 Å². The van der Waals surface area contributed by atoms with Gasteiger partial charge in [-0.15, -0.1) is 0 Å². The summed E-state index contributed by atoms with van der Waals surface area (Å²) in [5, 5.41) is 21.6. The van der Waals surface area contributed by atoms with Crippen LogP contribution in [-0.2, 0) is 14.8 Å². The monoisotopic (exact) mass is 331 g/mol. The average molecular weight is 332 g/mol. The molecule has 1 aliphatic heterocycles. The molecule has 1 saturated heterocycles. The summed E-state index contributed by atoms with van der Waals surface area (Å²) in [7, 11) is -4.23.